The number of ether oxygens (including phenoxy) is 1. The number of nitrogens with zero attached hydrogens (tertiary/aromatic N) is 2. The van der Waals surface area contributed by atoms with E-state index in [4.69, 9.17) is 4.74 Å². The van der Waals surface area contributed by atoms with Gasteiger partial charge in [-0.1, -0.05) is 80.6 Å². The number of fused-ring (bicyclic) bond motifs is 1. The molecule has 3 aromatic carbocycles. The second-order valence-electron chi connectivity index (χ2n) is 9.75. The van der Waals surface area contributed by atoms with Crippen molar-refractivity contribution in [2.45, 2.75) is 39.8 Å². The summed E-state index contributed by atoms with van der Waals surface area (Å²) in [5.41, 5.74) is 6.74. The van der Waals surface area contributed by atoms with Crippen LogP contribution in [-0.4, -0.2) is 35.2 Å². The standard InChI is InChI=1S/C31H34N4O3/c1-22(2)17-27(33-30(36)21-38-29-16-10-7-11-23(29)3)31(37)34-32-18-25-20-35(19-24-12-5-4-6-13-24)28-15-9-8-14-26(25)28/h4-16,18,20,22,27H,17,19,21H2,1-3H3,(H,33,36)(H,34,37)/b32-18-/t27-/m0/s1. The Morgan fingerprint density at radius 2 is 1.68 bits per heavy atom. The first kappa shape index (κ1) is 26.7. The molecule has 0 unspecified atom stereocenters. The van der Waals surface area contributed by atoms with Gasteiger partial charge >= 0.3 is 0 Å². The van der Waals surface area contributed by atoms with Gasteiger partial charge in [-0.25, -0.2) is 5.43 Å². The van der Waals surface area contributed by atoms with E-state index < -0.39 is 6.04 Å². The number of amides is 2. The zero-order valence-corrected chi connectivity index (χ0v) is 22.1. The molecule has 4 rings (SSSR count). The fraction of sp³-hybridized carbons (Fsp3) is 0.258. The van der Waals surface area contributed by atoms with Crippen LogP contribution in [0.1, 0.15) is 37.0 Å². The molecular weight excluding hydrogens is 476 g/mol. The van der Waals surface area contributed by atoms with Crippen LogP contribution in [0.4, 0.5) is 0 Å². The lowest BCUT2D eigenvalue weighted by Gasteiger charge is -2.19. The third-order valence-electron chi connectivity index (χ3n) is 6.20. The molecule has 7 heteroatoms. The molecule has 0 radical (unpaired) electrons. The van der Waals surface area contributed by atoms with Crippen LogP contribution in [0, 0.1) is 12.8 Å². The number of rotatable bonds is 11. The molecule has 4 aromatic rings. The van der Waals surface area contributed by atoms with Crippen molar-refractivity contribution in [2.75, 3.05) is 6.61 Å². The summed E-state index contributed by atoms with van der Waals surface area (Å²) in [6, 6.07) is 25.1. The summed E-state index contributed by atoms with van der Waals surface area (Å²) >= 11 is 0. The van der Waals surface area contributed by atoms with Crippen molar-refractivity contribution in [3.63, 3.8) is 0 Å². The molecule has 0 aliphatic carbocycles. The summed E-state index contributed by atoms with van der Waals surface area (Å²) in [6.07, 6.45) is 4.16. The fourth-order valence-corrected chi connectivity index (χ4v) is 4.33. The Balaban J connectivity index is 1.41. The molecule has 2 amide bonds. The molecule has 0 bridgehead atoms. The molecule has 0 saturated heterocycles. The minimum absolute atomic E-state index is 0.170. The van der Waals surface area contributed by atoms with Gasteiger partial charge in [-0.15, -0.1) is 0 Å². The number of nitrogens with one attached hydrogen (secondary N) is 2. The van der Waals surface area contributed by atoms with Crippen molar-refractivity contribution in [2.24, 2.45) is 11.0 Å². The number of carbonyl (C=O) groups is 2. The number of aromatic nitrogens is 1. The van der Waals surface area contributed by atoms with E-state index in [1.807, 2.05) is 87.6 Å². The number of benzene rings is 3. The van der Waals surface area contributed by atoms with Crippen molar-refractivity contribution in [3.8, 4) is 5.75 Å². The molecule has 0 aliphatic rings. The molecule has 1 atom stereocenters. The van der Waals surface area contributed by atoms with Crippen LogP contribution < -0.4 is 15.5 Å². The number of para-hydroxylation sites is 2. The molecule has 196 valence electrons. The largest absolute Gasteiger partial charge is 0.484 e. The monoisotopic (exact) mass is 510 g/mol. The molecule has 2 N–H and O–H groups in total. The maximum atomic E-state index is 13.0. The van der Waals surface area contributed by atoms with Crippen LogP contribution in [0.5, 0.6) is 5.75 Å². The summed E-state index contributed by atoms with van der Waals surface area (Å²) < 4.78 is 7.80. The Labute approximate surface area is 223 Å². The fourth-order valence-electron chi connectivity index (χ4n) is 4.33. The average molecular weight is 511 g/mol. The van der Waals surface area contributed by atoms with Gasteiger partial charge in [0.15, 0.2) is 6.61 Å². The van der Waals surface area contributed by atoms with Crippen molar-refractivity contribution in [1.29, 1.82) is 0 Å². The number of hydrogen-bond acceptors (Lipinski definition) is 4. The van der Waals surface area contributed by atoms with E-state index in [2.05, 4.69) is 38.6 Å². The van der Waals surface area contributed by atoms with Gasteiger partial charge < -0.3 is 14.6 Å². The molecule has 38 heavy (non-hydrogen) atoms. The first-order valence-electron chi connectivity index (χ1n) is 12.8. The summed E-state index contributed by atoms with van der Waals surface area (Å²) in [5.74, 6) is 0.112. The minimum atomic E-state index is -0.723. The van der Waals surface area contributed by atoms with Crippen LogP contribution in [0.25, 0.3) is 10.9 Å². The highest BCUT2D eigenvalue weighted by molar-refractivity contribution is 6.00. The lowest BCUT2D eigenvalue weighted by Crippen LogP contribution is -2.47. The topological polar surface area (TPSA) is 84.7 Å². The van der Waals surface area contributed by atoms with Crippen molar-refractivity contribution in [3.05, 3.63) is 102 Å². The van der Waals surface area contributed by atoms with E-state index in [0.717, 1.165) is 28.6 Å². The number of hydrazone groups is 1. The molecule has 1 heterocycles. The van der Waals surface area contributed by atoms with Crippen LogP contribution in [-0.2, 0) is 16.1 Å². The highest BCUT2D eigenvalue weighted by Crippen LogP contribution is 2.21. The predicted molar refractivity (Wildman–Crippen MR) is 151 cm³/mol. The van der Waals surface area contributed by atoms with E-state index in [0.29, 0.717) is 12.2 Å². The van der Waals surface area contributed by atoms with Crippen LogP contribution in [0.2, 0.25) is 0 Å². The second-order valence-corrected chi connectivity index (χ2v) is 9.75. The molecule has 7 nitrogen and oxygen atoms in total. The van der Waals surface area contributed by atoms with Crippen LogP contribution in [0.15, 0.2) is 90.2 Å². The first-order valence-corrected chi connectivity index (χ1v) is 12.8. The van der Waals surface area contributed by atoms with Gasteiger partial charge in [0, 0.05) is 29.2 Å². The Morgan fingerprint density at radius 1 is 0.974 bits per heavy atom. The van der Waals surface area contributed by atoms with Crippen molar-refractivity contribution >= 4 is 28.9 Å². The van der Waals surface area contributed by atoms with Crippen LogP contribution in [0.3, 0.4) is 0 Å². The maximum Gasteiger partial charge on any atom is 0.262 e. The third kappa shape index (κ3) is 7.09. The Kier molecular flexibility index (Phi) is 8.93. The van der Waals surface area contributed by atoms with Crippen molar-refractivity contribution < 1.29 is 14.3 Å². The van der Waals surface area contributed by atoms with E-state index in [9.17, 15) is 9.59 Å². The predicted octanol–water partition coefficient (Wildman–Crippen LogP) is 5.06. The summed E-state index contributed by atoms with van der Waals surface area (Å²) in [7, 11) is 0. The minimum Gasteiger partial charge on any atom is -0.484 e. The van der Waals surface area contributed by atoms with E-state index in [-0.39, 0.29) is 24.3 Å². The number of hydrogen-bond donors (Lipinski definition) is 2. The summed E-state index contributed by atoms with van der Waals surface area (Å²) in [4.78, 5) is 25.5. The van der Waals surface area contributed by atoms with Crippen molar-refractivity contribution in [1.82, 2.24) is 15.3 Å². The molecular formula is C31H34N4O3. The smallest absolute Gasteiger partial charge is 0.262 e. The van der Waals surface area contributed by atoms with E-state index in [1.165, 1.54) is 5.56 Å². The van der Waals surface area contributed by atoms with Gasteiger partial charge in [0.05, 0.1) is 6.21 Å². The Morgan fingerprint density at radius 3 is 2.45 bits per heavy atom. The zero-order chi connectivity index (χ0) is 26.9. The molecule has 0 fully saturated rings. The first-order chi connectivity index (χ1) is 18.4. The van der Waals surface area contributed by atoms with Gasteiger partial charge in [-0.05, 0) is 42.5 Å². The SMILES string of the molecule is Cc1ccccc1OCC(=O)N[C@@H](CC(C)C)C(=O)N/N=C\c1cn(Cc2ccccc2)c2ccccc12. The zero-order valence-electron chi connectivity index (χ0n) is 22.1. The van der Waals surface area contributed by atoms with Gasteiger partial charge in [-0.3, -0.25) is 9.59 Å². The highest BCUT2D eigenvalue weighted by Gasteiger charge is 2.22. The lowest BCUT2D eigenvalue weighted by atomic mass is 10.0. The van der Waals surface area contributed by atoms with Crippen LogP contribution >= 0.6 is 0 Å². The average Bonchev–Trinajstić information content (AvgIpc) is 3.25. The number of aryl methyl sites for hydroxylation is 1. The summed E-state index contributed by atoms with van der Waals surface area (Å²) in [6.45, 7) is 6.48. The lowest BCUT2D eigenvalue weighted by molar-refractivity contribution is -0.130. The van der Waals surface area contributed by atoms with Gasteiger partial charge in [0.25, 0.3) is 11.8 Å². The normalized spacial score (nSPS) is 12.1. The number of carbonyl (C=O) groups excluding carboxylic acids is 2. The van der Waals surface area contributed by atoms with E-state index in [1.54, 1.807) is 6.21 Å². The Bertz CT molecular complexity index is 1410. The van der Waals surface area contributed by atoms with Gasteiger partial charge in [0.2, 0.25) is 0 Å². The third-order valence-corrected chi connectivity index (χ3v) is 6.20. The highest BCUT2D eigenvalue weighted by atomic mass is 16.5. The molecule has 0 spiro atoms. The maximum absolute atomic E-state index is 13.0. The van der Waals surface area contributed by atoms with E-state index >= 15 is 0 Å². The summed E-state index contributed by atoms with van der Waals surface area (Å²) in [5, 5.41) is 8.07. The van der Waals surface area contributed by atoms with Gasteiger partial charge in [-0.2, -0.15) is 5.10 Å². The molecule has 0 saturated carbocycles. The Hall–Kier alpha value is -4.39. The van der Waals surface area contributed by atoms with Gasteiger partial charge in [0.1, 0.15) is 11.8 Å². The molecule has 1 aromatic heterocycles. The quantitative estimate of drug-likeness (QED) is 0.219. The second kappa shape index (κ2) is 12.7. The molecule has 0 aliphatic heterocycles.